The number of hydrogen-bond donors (Lipinski definition) is 3. The number of sulfonamides is 1. The lowest BCUT2D eigenvalue weighted by atomic mass is 10.1. The molecule has 3 rings (SSSR count). The van der Waals surface area contributed by atoms with Crippen molar-refractivity contribution in [1.82, 2.24) is 9.78 Å². The number of aromatic nitrogens is 2. The van der Waals surface area contributed by atoms with Crippen molar-refractivity contribution in [2.75, 3.05) is 23.2 Å². The summed E-state index contributed by atoms with van der Waals surface area (Å²) in [7, 11) is -0.0512. The second kappa shape index (κ2) is 12.7. The number of carboxylic acids is 2. The van der Waals surface area contributed by atoms with Crippen molar-refractivity contribution in [2.45, 2.75) is 37.8 Å². The van der Waals surface area contributed by atoms with Crippen molar-refractivity contribution < 1.29 is 41.4 Å². The molecule has 0 spiro atoms. The average molecular weight is 571 g/mol. The minimum absolute atomic E-state index is 0.0366. The van der Waals surface area contributed by atoms with Crippen molar-refractivity contribution in [3.63, 3.8) is 0 Å². The van der Waals surface area contributed by atoms with E-state index in [1.54, 1.807) is 30.3 Å². The van der Waals surface area contributed by atoms with Gasteiger partial charge in [0.25, 0.3) is 10.0 Å². The molecule has 0 amide bonds. The van der Waals surface area contributed by atoms with Crippen molar-refractivity contribution in [1.29, 1.82) is 0 Å². The second-order valence-electron chi connectivity index (χ2n) is 8.56. The summed E-state index contributed by atoms with van der Waals surface area (Å²) in [4.78, 5) is 22.8. The van der Waals surface area contributed by atoms with Crippen LogP contribution in [-0.4, -0.2) is 60.1 Å². The number of nitrogens with zero attached hydrogens (tertiary/aromatic N) is 3. The maximum Gasteiger partial charge on any atom is 0.490 e. The average Bonchev–Trinajstić information content (AvgIpc) is 3.09. The fraction of sp³-hybridized carbons (Fsp3) is 0.320. The highest BCUT2D eigenvalue weighted by molar-refractivity contribution is 7.92. The normalized spacial score (nSPS) is 11.4. The van der Waals surface area contributed by atoms with Crippen LogP contribution in [0.2, 0.25) is 0 Å². The monoisotopic (exact) mass is 570 g/mol. The van der Waals surface area contributed by atoms with E-state index in [1.807, 2.05) is 37.5 Å². The Balaban J connectivity index is 0.000000673. The zero-order valence-corrected chi connectivity index (χ0v) is 22.5. The summed E-state index contributed by atoms with van der Waals surface area (Å²) < 4.78 is 61.2. The van der Waals surface area contributed by atoms with Crippen LogP contribution < -0.4 is 9.62 Å². The largest absolute Gasteiger partial charge is 0.490 e. The zero-order valence-electron chi connectivity index (χ0n) is 21.7. The van der Waals surface area contributed by atoms with Gasteiger partial charge in [0, 0.05) is 32.0 Å². The minimum atomic E-state index is -5.08. The minimum Gasteiger partial charge on any atom is -0.478 e. The summed E-state index contributed by atoms with van der Waals surface area (Å²) in [6.07, 6.45) is -3.42. The molecule has 10 nitrogen and oxygen atoms in total. The molecule has 1 aromatic heterocycles. The molecule has 3 N–H and O–H groups in total. The summed E-state index contributed by atoms with van der Waals surface area (Å²) in [5, 5.41) is 21.3. The molecule has 0 radical (unpaired) electrons. The number of nitrogens with one attached hydrogen (secondary N) is 1. The highest BCUT2D eigenvalue weighted by atomic mass is 32.2. The number of anilines is 2. The quantitative estimate of drug-likeness (QED) is 0.347. The Hall–Kier alpha value is -4.07. The predicted octanol–water partition coefficient (Wildman–Crippen LogP) is 4.24. The lowest BCUT2D eigenvalue weighted by molar-refractivity contribution is -0.192. The van der Waals surface area contributed by atoms with Gasteiger partial charge >= 0.3 is 18.1 Å². The molecule has 3 aromatic rings. The van der Waals surface area contributed by atoms with Crippen molar-refractivity contribution in [3.8, 4) is 0 Å². The van der Waals surface area contributed by atoms with Gasteiger partial charge in [-0.1, -0.05) is 18.2 Å². The molecule has 2 aromatic carbocycles. The number of carboxylic acid groups (broad SMARTS) is 2. The van der Waals surface area contributed by atoms with Crippen LogP contribution in [0, 0.1) is 13.8 Å². The number of hydrogen-bond acceptors (Lipinski definition) is 6. The molecular formula is C25H29F3N4O6S. The fourth-order valence-electron chi connectivity index (χ4n) is 3.71. The van der Waals surface area contributed by atoms with Gasteiger partial charge in [0.05, 0.1) is 21.8 Å². The number of benzene rings is 2. The van der Waals surface area contributed by atoms with E-state index in [0.717, 1.165) is 24.2 Å². The Bertz CT molecular complexity index is 1420. The standard InChI is InChI=1S/C23H28N4O4S.C2HF3O2/c1-16-20(17(2)27(4)24-16)11-8-14-26(3)22-13-12-18(15-21(22)23(28)29)25-32(30,31)19-9-6-5-7-10-19;3-2(4,5)1(6)7/h5-7,9-10,12-13,15,25H,8,11,14H2,1-4H3,(H,28,29);(H,6,7). The van der Waals surface area contributed by atoms with E-state index >= 15 is 0 Å². The maximum atomic E-state index is 12.6. The van der Waals surface area contributed by atoms with Gasteiger partial charge in [0.15, 0.2) is 0 Å². The van der Waals surface area contributed by atoms with Crippen LogP contribution in [0.1, 0.15) is 33.7 Å². The smallest absolute Gasteiger partial charge is 0.478 e. The van der Waals surface area contributed by atoms with E-state index in [0.29, 0.717) is 12.2 Å². The van der Waals surface area contributed by atoms with Gasteiger partial charge in [-0.3, -0.25) is 9.40 Å². The lowest BCUT2D eigenvalue weighted by Gasteiger charge is -2.22. The first-order chi connectivity index (χ1) is 18.0. The first-order valence-corrected chi connectivity index (χ1v) is 13.0. The summed E-state index contributed by atoms with van der Waals surface area (Å²) in [5.41, 5.74) is 4.12. The van der Waals surface area contributed by atoms with E-state index in [1.165, 1.54) is 23.8 Å². The molecule has 0 saturated heterocycles. The third-order valence-corrected chi connectivity index (χ3v) is 7.16. The molecule has 0 bridgehead atoms. The first kappa shape index (κ1) is 31.1. The molecule has 0 aliphatic heterocycles. The molecule has 14 heteroatoms. The number of alkyl halides is 3. The summed E-state index contributed by atoms with van der Waals surface area (Å²) in [5.74, 6) is -3.88. The van der Waals surface area contributed by atoms with Crippen LogP contribution in [0.25, 0.3) is 0 Å². The van der Waals surface area contributed by atoms with E-state index in [4.69, 9.17) is 9.90 Å². The molecule has 1 heterocycles. The SMILES string of the molecule is Cc1nn(C)c(C)c1CCCN(C)c1ccc(NS(=O)(=O)c2ccccc2)cc1C(=O)O.O=C(O)C(F)(F)F. The van der Waals surface area contributed by atoms with Gasteiger partial charge in [0.2, 0.25) is 0 Å². The second-order valence-corrected chi connectivity index (χ2v) is 10.2. The summed E-state index contributed by atoms with van der Waals surface area (Å²) in [6, 6.07) is 12.5. The van der Waals surface area contributed by atoms with E-state index < -0.39 is 28.1 Å². The Labute approximate surface area is 223 Å². The Morgan fingerprint density at radius 2 is 1.67 bits per heavy atom. The van der Waals surface area contributed by atoms with Crippen molar-refractivity contribution >= 4 is 33.3 Å². The van der Waals surface area contributed by atoms with Crippen molar-refractivity contribution in [2.24, 2.45) is 7.05 Å². The highest BCUT2D eigenvalue weighted by Gasteiger charge is 2.38. The van der Waals surface area contributed by atoms with E-state index in [9.17, 15) is 31.5 Å². The molecule has 0 aliphatic carbocycles. The first-order valence-electron chi connectivity index (χ1n) is 11.5. The number of aromatic carboxylic acids is 1. The van der Waals surface area contributed by atoms with Crippen LogP contribution in [-0.2, 0) is 28.3 Å². The van der Waals surface area contributed by atoms with Crippen LogP contribution >= 0.6 is 0 Å². The number of aliphatic carboxylic acids is 1. The molecular weight excluding hydrogens is 541 g/mol. The maximum absolute atomic E-state index is 12.6. The van der Waals surface area contributed by atoms with Crippen LogP contribution in [0.4, 0.5) is 24.5 Å². The summed E-state index contributed by atoms with van der Waals surface area (Å²) in [6.45, 7) is 4.67. The predicted molar refractivity (Wildman–Crippen MR) is 139 cm³/mol. The third kappa shape index (κ3) is 8.46. The Kier molecular flexibility index (Phi) is 10.1. The highest BCUT2D eigenvalue weighted by Crippen LogP contribution is 2.26. The van der Waals surface area contributed by atoms with Gasteiger partial charge in [-0.2, -0.15) is 18.3 Å². The number of rotatable bonds is 9. The van der Waals surface area contributed by atoms with Gasteiger partial charge in [-0.05, 0) is 62.6 Å². The van der Waals surface area contributed by atoms with Gasteiger partial charge < -0.3 is 15.1 Å². The zero-order chi connectivity index (χ0) is 29.5. The van der Waals surface area contributed by atoms with E-state index in [-0.39, 0.29) is 16.1 Å². The Morgan fingerprint density at radius 1 is 1.08 bits per heavy atom. The molecule has 0 atom stereocenters. The van der Waals surface area contributed by atoms with Crippen LogP contribution in [0.15, 0.2) is 53.4 Å². The molecule has 0 unspecified atom stereocenters. The van der Waals surface area contributed by atoms with Crippen LogP contribution in [0.5, 0.6) is 0 Å². The van der Waals surface area contributed by atoms with Gasteiger partial charge in [-0.15, -0.1) is 0 Å². The van der Waals surface area contributed by atoms with E-state index in [2.05, 4.69) is 9.82 Å². The summed E-state index contributed by atoms with van der Waals surface area (Å²) >= 11 is 0. The molecule has 212 valence electrons. The third-order valence-electron chi connectivity index (χ3n) is 5.77. The molecule has 0 saturated carbocycles. The fourth-order valence-corrected chi connectivity index (χ4v) is 4.78. The van der Waals surface area contributed by atoms with Gasteiger partial charge in [0.1, 0.15) is 0 Å². The number of aryl methyl sites for hydroxylation is 2. The van der Waals surface area contributed by atoms with Crippen molar-refractivity contribution in [3.05, 3.63) is 71.0 Å². The number of halogens is 3. The topological polar surface area (TPSA) is 142 Å². The van der Waals surface area contributed by atoms with Gasteiger partial charge in [-0.25, -0.2) is 18.0 Å². The van der Waals surface area contributed by atoms with Crippen LogP contribution in [0.3, 0.4) is 0 Å². The lowest BCUT2D eigenvalue weighted by Crippen LogP contribution is -2.22. The number of carbonyl (C=O) groups is 2. The molecule has 0 fully saturated rings. The Morgan fingerprint density at radius 3 is 2.15 bits per heavy atom. The molecule has 39 heavy (non-hydrogen) atoms. The molecule has 0 aliphatic rings.